The highest BCUT2D eigenvalue weighted by Crippen LogP contribution is 2.35. The molecular weight excluding hydrogens is 966 g/mol. The maximum atomic E-state index is 11.8. The van der Waals surface area contributed by atoms with Crippen LogP contribution in [0.3, 0.4) is 0 Å². The van der Waals surface area contributed by atoms with E-state index in [0.29, 0.717) is 0 Å². The van der Waals surface area contributed by atoms with Gasteiger partial charge in [0.15, 0.2) is 31.5 Å². The van der Waals surface area contributed by atoms with Crippen molar-refractivity contribution in [3.05, 3.63) is 0 Å². The average molecular weight is 1030 g/mol. The van der Waals surface area contributed by atoms with Gasteiger partial charge in [-0.1, -0.05) is 0 Å². The first-order valence-electron chi connectivity index (χ1n) is 22.0. The number of ether oxygens (including phenoxy) is 10. The van der Waals surface area contributed by atoms with Crippen molar-refractivity contribution >= 4 is 5.91 Å². The molecule has 5 aliphatic heterocycles. The Labute approximate surface area is 396 Å². The monoisotopic (exact) mass is 1030 g/mol. The van der Waals surface area contributed by atoms with Crippen LogP contribution in [0.2, 0.25) is 0 Å². The number of nitrogens with one attached hydrogen (secondary N) is 1. The summed E-state index contributed by atoms with van der Waals surface area (Å²) < 4.78 is 56.2. The van der Waals surface area contributed by atoms with E-state index in [4.69, 9.17) is 47.4 Å². The summed E-state index contributed by atoms with van der Waals surface area (Å²) in [6, 6.07) is -1.58. The van der Waals surface area contributed by atoms with Crippen LogP contribution in [0, 0.1) is 0 Å². The minimum atomic E-state index is -2.28. The average Bonchev–Trinajstić information content (AvgIpc) is 3.34. The Kier molecular flexibility index (Phi) is 22.1. The number of aliphatic hydroxyl groups excluding tert-OH is 20. The molecule has 32 heteroatoms. The van der Waals surface area contributed by atoms with Gasteiger partial charge in [-0.05, 0) is 0 Å². The van der Waals surface area contributed by atoms with Crippen molar-refractivity contribution in [3.8, 4) is 0 Å². The highest BCUT2D eigenvalue weighted by Gasteiger charge is 2.56. The summed E-state index contributed by atoms with van der Waals surface area (Å²) in [7, 11) is 0. The fraction of sp³-hybridized carbons (Fsp3) is 0.974. The topological polar surface area (TPSA) is 526 Å². The molecule has 0 aromatic rings. The van der Waals surface area contributed by atoms with Crippen LogP contribution in [0.25, 0.3) is 0 Å². The number of hydrogen-bond donors (Lipinski definition) is 21. The van der Waals surface area contributed by atoms with Gasteiger partial charge in [-0.15, -0.1) is 0 Å². The van der Waals surface area contributed by atoms with Gasteiger partial charge in [0.05, 0.1) is 52.3 Å². The lowest BCUT2D eigenvalue weighted by Crippen LogP contribution is -2.67. The summed E-state index contributed by atoms with van der Waals surface area (Å²) in [6.07, 6.45) is -55.8. The summed E-state index contributed by atoms with van der Waals surface area (Å²) in [5.74, 6) is -0.772. The molecule has 0 aromatic carbocycles. The summed E-state index contributed by atoms with van der Waals surface area (Å²) >= 11 is 0. The first-order valence-corrected chi connectivity index (χ1v) is 22.0. The molecule has 5 heterocycles. The van der Waals surface area contributed by atoms with Crippen LogP contribution in [0.1, 0.15) is 6.92 Å². The van der Waals surface area contributed by atoms with E-state index in [1.54, 1.807) is 0 Å². The largest absolute Gasteiger partial charge is 0.394 e. The SMILES string of the molecule is CC(=O)N[C@@H](CO)[C@@H](O)[C@H](O[C@@H]1O[C@H](CO[C@H]2O[C@H](CO)[C@@H](O)[C@H](O[C@H]3O[C@H](CO)[C@@H](O)[C@H](O)[C@@H]3O[C@H]3O[C@H](CO)[C@@H](O)[C@H](O)[C@@H]3O)[C@@H]2O)[C@@H](O)[C@H](O[C@H]2O[C@H](CO)[C@@H](O)[C@H](O)[C@@H]2O)[C@@H]1O)[C@H](O)CO. The van der Waals surface area contributed by atoms with E-state index in [9.17, 15) is 107 Å². The van der Waals surface area contributed by atoms with E-state index in [1.807, 2.05) is 0 Å². The van der Waals surface area contributed by atoms with Gasteiger partial charge >= 0.3 is 0 Å². The molecule has 70 heavy (non-hydrogen) atoms. The third kappa shape index (κ3) is 13.0. The van der Waals surface area contributed by atoms with Crippen LogP contribution in [0.5, 0.6) is 0 Å². The summed E-state index contributed by atoms with van der Waals surface area (Å²) in [5.41, 5.74) is 0. The van der Waals surface area contributed by atoms with Gasteiger partial charge in [0.2, 0.25) is 5.91 Å². The van der Waals surface area contributed by atoms with Crippen LogP contribution in [-0.4, -0.2) is 332 Å². The molecule has 0 unspecified atom stereocenters. The van der Waals surface area contributed by atoms with E-state index in [2.05, 4.69) is 5.32 Å². The first-order chi connectivity index (χ1) is 33.1. The Morgan fingerprint density at radius 3 is 1.33 bits per heavy atom. The smallest absolute Gasteiger partial charge is 0.217 e. The second-order valence-corrected chi connectivity index (χ2v) is 17.3. The maximum absolute atomic E-state index is 11.8. The lowest BCUT2D eigenvalue weighted by Gasteiger charge is -2.49. The molecule has 0 bridgehead atoms. The molecule has 5 saturated heterocycles. The van der Waals surface area contributed by atoms with Crippen LogP contribution in [0.15, 0.2) is 0 Å². The highest BCUT2D eigenvalue weighted by molar-refractivity contribution is 5.73. The Bertz CT molecular complexity index is 1580. The van der Waals surface area contributed by atoms with Crippen molar-refractivity contribution in [2.24, 2.45) is 0 Å². The van der Waals surface area contributed by atoms with Crippen molar-refractivity contribution in [2.75, 3.05) is 46.2 Å². The fourth-order valence-corrected chi connectivity index (χ4v) is 8.38. The molecule has 0 saturated carbocycles. The standard InChI is InChI=1S/C38H67NO31/c1-9(46)39-10(2-40)17(48)30(11(47)3-41)67-37-29(60)32(68-35-26(57)23(54)18(49)12(4-42)63-35)22(53)16(66-37)8-61-34-28(59)31(21(52)15(7-45)62-34)69-38-33(25(56)20(51)14(6-44)65-38)70-36-27(58)24(55)19(50)13(5-43)64-36/h10-38,40-45,47-60H,2-8H2,1H3,(H,39,46)/t10-,11+,12+,13+,14+,15+,16+,17+,18+,19+,20+,21+,22+,23-,24-,25-,26-,27-,28-,29-,30+,31-,32-,33-,34-,35+,36+,37-,38+/m0/s1. The predicted molar refractivity (Wildman–Crippen MR) is 213 cm³/mol. The maximum Gasteiger partial charge on any atom is 0.217 e. The second kappa shape index (κ2) is 26.2. The zero-order valence-electron chi connectivity index (χ0n) is 37.1. The fourth-order valence-electron chi connectivity index (χ4n) is 8.38. The van der Waals surface area contributed by atoms with Gasteiger partial charge in [-0.2, -0.15) is 0 Å². The van der Waals surface area contributed by atoms with Gasteiger partial charge in [0, 0.05) is 6.92 Å². The third-order valence-corrected chi connectivity index (χ3v) is 12.5. The molecule has 21 N–H and O–H groups in total. The molecule has 32 nitrogen and oxygen atoms in total. The van der Waals surface area contributed by atoms with E-state index in [0.717, 1.165) is 6.92 Å². The number of amides is 1. The molecule has 5 fully saturated rings. The number of aliphatic hydroxyl groups is 20. The van der Waals surface area contributed by atoms with E-state index in [1.165, 1.54) is 0 Å². The molecule has 0 radical (unpaired) electrons. The first kappa shape index (κ1) is 59.2. The quantitative estimate of drug-likeness (QED) is 0.0507. The van der Waals surface area contributed by atoms with Crippen molar-refractivity contribution in [1.82, 2.24) is 5.32 Å². The van der Waals surface area contributed by atoms with Crippen molar-refractivity contribution in [1.29, 1.82) is 0 Å². The third-order valence-electron chi connectivity index (χ3n) is 12.5. The van der Waals surface area contributed by atoms with Gasteiger partial charge < -0.3 is 155 Å². The molecule has 0 spiro atoms. The molecule has 0 aliphatic carbocycles. The Morgan fingerprint density at radius 2 is 0.857 bits per heavy atom. The zero-order chi connectivity index (χ0) is 52.0. The van der Waals surface area contributed by atoms with Crippen LogP contribution < -0.4 is 5.32 Å². The molecular formula is C38H67NO31. The summed E-state index contributed by atoms with van der Waals surface area (Å²) in [5, 5.41) is 213. The molecule has 410 valence electrons. The molecule has 5 rings (SSSR count). The Balaban J connectivity index is 1.41. The lowest BCUT2D eigenvalue weighted by molar-refractivity contribution is -0.392. The minimum Gasteiger partial charge on any atom is -0.394 e. The van der Waals surface area contributed by atoms with Crippen LogP contribution in [-0.2, 0) is 52.2 Å². The molecule has 0 aromatic heterocycles. The van der Waals surface area contributed by atoms with Gasteiger partial charge in [0.25, 0.3) is 0 Å². The zero-order valence-corrected chi connectivity index (χ0v) is 37.1. The summed E-state index contributed by atoms with van der Waals surface area (Å²) in [6.45, 7) is -5.95. The normalized spacial score (nSPS) is 46.7. The van der Waals surface area contributed by atoms with Gasteiger partial charge in [-0.3, -0.25) is 4.79 Å². The minimum absolute atomic E-state index is 0.772. The van der Waals surface area contributed by atoms with Crippen LogP contribution in [0.4, 0.5) is 0 Å². The lowest BCUT2D eigenvalue weighted by atomic mass is 9.96. The van der Waals surface area contributed by atoms with Crippen LogP contribution >= 0.6 is 0 Å². The highest BCUT2D eigenvalue weighted by atomic mass is 16.8. The van der Waals surface area contributed by atoms with Gasteiger partial charge in [-0.25, -0.2) is 0 Å². The van der Waals surface area contributed by atoms with Gasteiger partial charge in [0.1, 0.15) is 140 Å². The molecule has 29 atom stereocenters. The molecule has 5 aliphatic rings. The summed E-state index contributed by atoms with van der Waals surface area (Å²) in [4.78, 5) is 11.8. The predicted octanol–water partition coefficient (Wildman–Crippen LogP) is -14.3. The number of carbonyl (C=O) groups excluding carboxylic acids is 1. The molecule has 1 amide bonds. The number of rotatable bonds is 21. The van der Waals surface area contributed by atoms with E-state index in [-0.39, 0.29) is 0 Å². The van der Waals surface area contributed by atoms with Crippen molar-refractivity contribution in [2.45, 2.75) is 185 Å². The Hall–Kier alpha value is -1.73. The second-order valence-electron chi connectivity index (χ2n) is 17.3. The number of hydrogen-bond acceptors (Lipinski definition) is 31. The van der Waals surface area contributed by atoms with Crippen molar-refractivity contribution in [3.63, 3.8) is 0 Å². The number of carbonyl (C=O) groups is 1. The Morgan fingerprint density at radius 1 is 0.457 bits per heavy atom. The van der Waals surface area contributed by atoms with E-state index < -0.39 is 230 Å². The van der Waals surface area contributed by atoms with Crippen molar-refractivity contribution < 1.29 is 154 Å². The van der Waals surface area contributed by atoms with E-state index >= 15 is 0 Å².